The third-order valence-electron chi connectivity index (χ3n) is 13.4. The van der Waals surface area contributed by atoms with Crippen LogP contribution < -0.4 is 0 Å². The number of aliphatic hydroxyl groups excluding tert-OH is 4. The SMILES string of the molecule is C[C@H](CC(O)C(O)C(C)(C)O)[C@H]1CC[C@@]2(C)[C@@H]3[C@@H](O)C[C@@H]4[C@@]5(CCC(=O)[C@@]4(C)CO)C[C@@]35CC[C@]12C. The lowest BCUT2D eigenvalue weighted by Gasteiger charge is -2.64. The van der Waals surface area contributed by atoms with Crippen LogP contribution in [0, 0.1) is 50.7 Å². The van der Waals surface area contributed by atoms with Crippen molar-refractivity contribution in [2.75, 3.05) is 6.61 Å². The molecule has 0 aromatic heterocycles. The van der Waals surface area contributed by atoms with Crippen LogP contribution in [0.3, 0.4) is 0 Å². The second kappa shape index (κ2) is 8.00. The number of hydrogen-bond acceptors (Lipinski definition) is 6. The Balaban J connectivity index is 1.43. The van der Waals surface area contributed by atoms with Gasteiger partial charge >= 0.3 is 0 Å². The van der Waals surface area contributed by atoms with E-state index in [2.05, 4.69) is 20.8 Å². The normalized spacial score (nSPS) is 52.5. The predicted molar refractivity (Wildman–Crippen MR) is 137 cm³/mol. The summed E-state index contributed by atoms with van der Waals surface area (Å²) >= 11 is 0. The molecule has 2 unspecified atom stereocenters. The lowest BCUT2D eigenvalue weighted by molar-refractivity contribution is -0.194. The van der Waals surface area contributed by atoms with E-state index in [-0.39, 0.29) is 51.8 Å². The number of carbonyl (C=O) groups is 1. The molecule has 0 aromatic carbocycles. The molecule has 0 aliphatic heterocycles. The van der Waals surface area contributed by atoms with Crippen molar-refractivity contribution in [2.45, 2.75) is 123 Å². The smallest absolute Gasteiger partial charge is 0.141 e. The van der Waals surface area contributed by atoms with E-state index in [4.69, 9.17) is 0 Å². The molecule has 5 aliphatic carbocycles. The van der Waals surface area contributed by atoms with Crippen molar-refractivity contribution >= 4 is 5.78 Å². The Morgan fingerprint density at radius 2 is 1.69 bits per heavy atom. The summed E-state index contributed by atoms with van der Waals surface area (Å²) in [5.41, 5.74) is -1.96. The number of fused-ring (bicyclic) bond motifs is 2. The van der Waals surface area contributed by atoms with Crippen LogP contribution >= 0.6 is 0 Å². The molecule has 206 valence electrons. The summed E-state index contributed by atoms with van der Waals surface area (Å²) in [4.78, 5) is 12.9. The van der Waals surface area contributed by atoms with Crippen molar-refractivity contribution in [3.63, 3.8) is 0 Å². The Morgan fingerprint density at radius 1 is 1.03 bits per heavy atom. The Hall–Kier alpha value is -0.530. The van der Waals surface area contributed by atoms with E-state index in [1.165, 1.54) is 13.8 Å². The molecular formula is C30H50O6. The average molecular weight is 507 g/mol. The van der Waals surface area contributed by atoms with Crippen LogP contribution in [-0.2, 0) is 4.79 Å². The van der Waals surface area contributed by atoms with Gasteiger partial charge in [0.15, 0.2) is 0 Å². The number of ketones is 1. The molecule has 5 fully saturated rings. The number of carbonyl (C=O) groups excluding carboxylic acids is 1. The van der Waals surface area contributed by atoms with Crippen molar-refractivity contribution in [3.8, 4) is 0 Å². The minimum atomic E-state index is -1.35. The van der Waals surface area contributed by atoms with Gasteiger partial charge in [-0.15, -0.1) is 0 Å². The van der Waals surface area contributed by atoms with Crippen molar-refractivity contribution in [2.24, 2.45) is 50.7 Å². The fourth-order valence-electron chi connectivity index (χ4n) is 11.3. The van der Waals surface area contributed by atoms with Crippen molar-refractivity contribution < 1.29 is 30.3 Å². The van der Waals surface area contributed by atoms with Gasteiger partial charge in [-0.1, -0.05) is 27.7 Å². The summed E-state index contributed by atoms with van der Waals surface area (Å²) in [5.74, 6) is 0.982. The molecule has 6 heteroatoms. The molecule has 0 radical (unpaired) electrons. The van der Waals surface area contributed by atoms with Crippen LogP contribution in [0.2, 0.25) is 0 Å². The molecule has 36 heavy (non-hydrogen) atoms. The lowest BCUT2D eigenvalue weighted by atomic mass is 9.41. The van der Waals surface area contributed by atoms with Gasteiger partial charge in [0.25, 0.3) is 0 Å². The predicted octanol–water partition coefficient (Wildman–Crippen LogP) is 3.46. The van der Waals surface area contributed by atoms with Crippen LogP contribution in [0.5, 0.6) is 0 Å². The van der Waals surface area contributed by atoms with Crippen LogP contribution in [0.25, 0.3) is 0 Å². The second-order valence-electron chi connectivity index (χ2n) is 15.2. The van der Waals surface area contributed by atoms with Crippen LogP contribution in [0.15, 0.2) is 0 Å². The monoisotopic (exact) mass is 506 g/mol. The maximum absolute atomic E-state index is 12.9. The summed E-state index contributed by atoms with van der Waals surface area (Å²) in [7, 11) is 0. The Morgan fingerprint density at radius 3 is 2.31 bits per heavy atom. The second-order valence-corrected chi connectivity index (χ2v) is 15.2. The molecule has 5 saturated carbocycles. The van der Waals surface area contributed by atoms with Crippen LogP contribution in [0.4, 0.5) is 0 Å². The number of Topliss-reactive ketones (excluding diaryl/α,β-unsaturated/α-hetero) is 1. The summed E-state index contributed by atoms with van der Waals surface area (Å²) < 4.78 is 0. The van der Waals surface area contributed by atoms with Gasteiger partial charge in [-0.3, -0.25) is 4.79 Å². The van der Waals surface area contributed by atoms with Gasteiger partial charge in [0, 0.05) is 6.42 Å². The zero-order valence-corrected chi connectivity index (χ0v) is 23.3. The standard InChI is InChI=1S/C30H50O6/c1-17(13-20(33)24(35)25(2,3)36)18-7-9-28(6)23-19(32)14-21-26(4,16-31)22(34)8-10-29(21)15-30(23,29)12-11-27(18,28)5/h17-21,23-24,31-33,35-36H,7-16H2,1-6H3/t17-,18-,19+,20?,21+,23+,24?,26+,27-,28+,29-,30+/m1/s1. The molecule has 5 N–H and O–H groups in total. The molecule has 5 rings (SSSR count). The van der Waals surface area contributed by atoms with Gasteiger partial charge in [0.05, 0.1) is 29.8 Å². The fraction of sp³-hybridized carbons (Fsp3) is 0.967. The fourth-order valence-corrected chi connectivity index (χ4v) is 11.3. The number of aliphatic hydroxyl groups is 5. The summed E-state index contributed by atoms with van der Waals surface area (Å²) in [6.07, 6.45) is 5.18. The molecule has 2 spiro atoms. The van der Waals surface area contributed by atoms with Gasteiger partial charge in [-0.2, -0.15) is 0 Å². The first-order valence-corrected chi connectivity index (χ1v) is 14.4. The molecule has 0 aromatic rings. The third-order valence-corrected chi connectivity index (χ3v) is 13.4. The summed E-state index contributed by atoms with van der Waals surface area (Å²) in [6, 6.07) is 0. The van der Waals surface area contributed by atoms with E-state index in [9.17, 15) is 30.3 Å². The lowest BCUT2D eigenvalue weighted by Crippen LogP contribution is -2.62. The first-order valence-electron chi connectivity index (χ1n) is 14.4. The number of hydrogen-bond donors (Lipinski definition) is 5. The Bertz CT molecular complexity index is 914. The van der Waals surface area contributed by atoms with E-state index in [1.54, 1.807) is 0 Å². The third kappa shape index (κ3) is 3.17. The first-order chi connectivity index (χ1) is 16.5. The van der Waals surface area contributed by atoms with Crippen molar-refractivity contribution in [1.29, 1.82) is 0 Å². The molecule has 0 saturated heterocycles. The molecule has 0 bridgehead atoms. The van der Waals surface area contributed by atoms with Crippen molar-refractivity contribution in [3.05, 3.63) is 0 Å². The maximum atomic E-state index is 12.9. The maximum Gasteiger partial charge on any atom is 0.141 e. The summed E-state index contributed by atoms with van der Waals surface area (Å²) in [6.45, 7) is 11.9. The van der Waals surface area contributed by atoms with E-state index >= 15 is 0 Å². The zero-order chi connectivity index (χ0) is 26.7. The van der Waals surface area contributed by atoms with Crippen LogP contribution in [-0.4, -0.2) is 61.8 Å². The van der Waals surface area contributed by atoms with Crippen LogP contribution in [0.1, 0.15) is 99.3 Å². The highest BCUT2D eigenvalue weighted by Crippen LogP contribution is 2.88. The van der Waals surface area contributed by atoms with E-state index in [1.807, 2.05) is 6.92 Å². The highest BCUT2D eigenvalue weighted by atomic mass is 16.4. The average Bonchev–Trinajstić information content (AvgIpc) is 3.36. The minimum Gasteiger partial charge on any atom is -0.395 e. The minimum absolute atomic E-state index is 0.0180. The zero-order valence-electron chi connectivity index (χ0n) is 23.3. The first kappa shape index (κ1) is 27.1. The van der Waals surface area contributed by atoms with Gasteiger partial charge in [-0.05, 0) is 111 Å². The molecule has 0 heterocycles. The van der Waals surface area contributed by atoms with Crippen molar-refractivity contribution in [1.82, 2.24) is 0 Å². The molecule has 0 amide bonds. The highest BCUT2D eigenvalue weighted by Gasteiger charge is 2.84. The summed E-state index contributed by atoms with van der Waals surface area (Å²) in [5, 5.41) is 53.5. The van der Waals surface area contributed by atoms with E-state index < -0.39 is 29.3 Å². The van der Waals surface area contributed by atoms with E-state index in [0.29, 0.717) is 25.2 Å². The molecule has 12 atom stereocenters. The van der Waals surface area contributed by atoms with E-state index in [0.717, 1.165) is 38.5 Å². The molecule has 6 nitrogen and oxygen atoms in total. The topological polar surface area (TPSA) is 118 Å². The Kier molecular flexibility index (Phi) is 6.01. The number of rotatable bonds is 6. The Labute approximate surface area is 216 Å². The van der Waals surface area contributed by atoms with Gasteiger partial charge in [-0.25, -0.2) is 0 Å². The van der Waals surface area contributed by atoms with Gasteiger partial charge in [0.2, 0.25) is 0 Å². The molecular weight excluding hydrogens is 456 g/mol. The highest BCUT2D eigenvalue weighted by molar-refractivity contribution is 5.86. The van der Waals surface area contributed by atoms with Gasteiger partial charge < -0.3 is 25.5 Å². The quantitative estimate of drug-likeness (QED) is 0.377. The van der Waals surface area contributed by atoms with Gasteiger partial charge in [0.1, 0.15) is 11.9 Å². The largest absolute Gasteiger partial charge is 0.395 e. The molecule has 5 aliphatic rings.